The van der Waals surface area contributed by atoms with E-state index in [1.807, 2.05) is 6.07 Å². The second-order valence-corrected chi connectivity index (χ2v) is 11.1. The van der Waals surface area contributed by atoms with Gasteiger partial charge in [-0.25, -0.2) is 0 Å². The van der Waals surface area contributed by atoms with E-state index in [2.05, 4.69) is 54.9 Å². The topological polar surface area (TPSA) is 44.8 Å². The summed E-state index contributed by atoms with van der Waals surface area (Å²) < 4.78 is 5.09. The minimum Gasteiger partial charge on any atom is -0.383 e. The number of methoxy groups -OCH3 is 1. The first-order valence-electron chi connectivity index (χ1n) is 13.2. The second-order valence-electron chi connectivity index (χ2n) is 11.1. The van der Waals surface area contributed by atoms with Crippen molar-refractivity contribution in [2.24, 2.45) is 11.3 Å². The number of anilines is 1. The SMILES string of the molecule is CCCCN1CCN(c2cc(C(=O)NCCOC)ccc2C2CCC(C(C)(C)C)CC2)CC1.Cl. The molecule has 0 aromatic heterocycles. The summed E-state index contributed by atoms with van der Waals surface area (Å²) in [5, 5.41) is 2.99. The lowest BCUT2D eigenvalue weighted by Crippen LogP contribution is -2.47. The van der Waals surface area contributed by atoms with Gasteiger partial charge in [0, 0.05) is 51.1 Å². The molecule has 2 fully saturated rings. The number of amides is 1. The molecule has 1 aromatic rings. The second kappa shape index (κ2) is 13.7. The lowest BCUT2D eigenvalue weighted by Gasteiger charge is -2.40. The Morgan fingerprint density at radius 2 is 1.76 bits per heavy atom. The average Bonchev–Trinajstić information content (AvgIpc) is 2.82. The van der Waals surface area contributed by atoms with Crippen LogP contribution in [0.1, 0.15) is 88.1 Å². The Balaban J connectivity index is 0.00000408. The van der Waals surface area contributed by atoms with Gasteiger partial charge in [-0.15, -0.1) is 12.4 Å². The van der Waals surface area contributed by atoms with Gasteiger partial charge >= 0.3 is 0 Å². The molecular weight excluding hydrogens is 446 g/mol. The molecule has 5 nitrogen and oxygen atoms in total. The van der Waals surface area contributed by atoms with Crippen LogP contribution in [0.2, 0.25) is 0 Å². The van der Waals surface area contributed by atoms with Crippen molar-refractivity contribution in [3.63, 3.8) is 0 Å². The zero-order valence-corrected chi connectivity index (χ0v) is 23.0. The lowest BCUT2D eigenvalue weighted by atomic mass is 9.68. The third-order valence-corrected chi connectivity index (χ3v) is 7.82. The van der Waals surface area contributed by atoms with Crippen LogP contribution in [0.15, 0.2) is 18.2 Å². The fourth-order valence-corrected chi connectivity index (χ4v) is 5.54. The first-order chi connectivity index (χ1) is 15.8. The maximum Gasteiger partial charge on any atom is 0.251 e. The van der Waals surface area contributed by atoms with Gasteiger partial charge in [0.05, 0.1) is 6.61 Å². The maximum atomic E-state index is 12.8. The zero-order valence-electron chi connectivity index (χ0n) is 22.2. The Bertz CT molecular complexity index is 749. The molecule has 0 bridgehead atoms. The number of carbonyl (C=O) groups is 1. The number of rotatable bonds is 9. The molecule has 3 rings (SSSR count). The first-order valence-corrected chi connectivity index (χ1v) is 13.2. The number of carbonyl (C=O) groups excluding carboxylic acids is 1. The van der Waals surface area contributed by atoms with Crippen LogP contribution < -0.4 is 10.2 Å². The molecule has 1 aliphatic carbocycles. The smallest absolute Gasteiger partial charge is 0.251 e. The number of hydrogen-bond donors (Lipinski definition) is 1. The molecule has 1 aromatic carbocycles. The minimum absolute atomic E-state index is 0. The standard InChI is InChI=1S/C28H47N3O2.ClH/c1-6-7-15-30-16-18-31(19-17-30)26-21-23(27(32)29-14-20-33-5)10-13-25(26)22-8-11-24(12-9-22)28(2,3)4;/h10,13,21-22,24H,6-9,11-12,14-20H2,1-5H3,(H,29,32);1H. The fourth-order valence-electron chi connectivity index (χ4n) is 5.54. The third-order valence-electron chi connectivity index (χ3n) is 7.82. The quantitative estimate of drug-likeness (QED) is 0.446. The van der Waals surface area contributed by atoms with Gasteiger partial charge in [0.25, 0.3) is 5.91 Å². The summed E-state index contributed by atoms with van der Waals surface area (Å²) in [4.78, 5) is 17.9. The summed E-state index contributed by atoms with van der Waals surface area (Å²) >= 11 is 0. The highest BCUT2D eigenvalue weighted by Gasteiger charge is 2.32. The Labute approximate surface area is 214 Å². The molecule has 0 atom stereocenters. The van der Waals surface area contributed by atoms with Crippen LogP contribution in [0.4, 0.5) is 5.69 Å². The average molecular weight is 494 g/mol. The number of piperazine rings is 1. The number of halogens is 1. The Morgan fingerprint density at radius 3 is 2.35 bits per heavy atom. The van der Waals surface area contributed by atoms with E-state index in [0.717, 1.165) is 37.7 Å². The van der Waals surface area contributed by atoms with Crippen LogP contribution >= 0.6 is 12.4 Å². The monoisotopic (exact) mass is 493 g/mol. The predicted molar refractivity (Wildman–Crippen MR) is 146 cm³/mol. The number of nitrogens with one attached hydrogen (secondary N) is 1. The molecule has 1 amide bonds. The van der Waals surface area contributed by atoms with Crippen molar-refractivity contribution >= 4 is 24.0 Å². The molecule has 34 heavy (non-hydrogen) atoms. The molecule has 0 spiro atoms. The van der Waals surface area contributed by atoms with Crippen molar-refractivity contribution in [1.82, 2.24) is 10.2 Å². The highest BCUT2D eigenvalue weighted by Crippen LogP contribution is 2.45. The van der Waals surface area contributed by atoms with Gasteiger partial charge in [0.15, 0.2) is 0 Å². The normalized spacial score (nSPS) is 21.7. The number of benzene rings is 1. The Hall–Kier alpha value is -1.30. The summed E-state index contributed by atoms with van der Waals surface area (Å²) in [5.74, 6) is 1.41. The molecule has 1 aliphatic heterocycles. The van der Waals surface area contributed by atoms with Gasteiger partial charge in [-0.1, -0.05) is 40.2 Å². The zero-order chi connectivity index (χ0) is 23.8. The van der Waals surface area contributed by atoms with E-state index in [1.165, 1.54) is 56.3 Å². The van der Waals surface area contributed by atoms with Crippen molar-refractivity contribution < 1.29 is 9.53 Å². The summed E-state index contributed by atoms with van der Waals surface area (Å²) in [7, 11) is 1.66. The molecule has 6 heteroatoms. The van der Waals surface area contributed by atoms with Crippen LogP contribution in [-0.4, -0.2) is 63.8 Å². The van der Waals surface area contributed by atoms with Gasteiger partial charge in [-0.05, 0) is 73.6 Å². The largest absolute Gasteiger partial charge is 0.383 e. The van der Waals surface area contributed by atoms with E-state index in [4.69, 9.17) is 4.74 Å². The molecule has 1 saturated heterocycles. The molecule has 1 saturated carbocycles. The minimum atomic E-state index is -0.00197. The number of unbranched alkanes of at least 4 members (excludes halogenated alkanes) is 1. The van der Waals surface area contributed by atoms with Crippen LogP contribution in [0, 0.1) is 11.3 Å². The number of nitrogens with zero attached hydrogens (tertiary/aromatic N) is 2. The van der Waals surface area contributed by atoms with Crippen LogP contribution in [-0.2, 0) is 4.74 Å². The van der Waals surface area contributed by atoms with E-state index < -0.39 is 0 Å². The van der Waals surface area contributed by atoms with Gasteiger partial charge < -0.3 is 15.0 Å². The molecular formula is C28H48ClN3O2. The van der Waals surface area contributed by atoms with E-state index in [0.29, 0.717) is 24.5 Å². The summed E-state index contributed by atoms with van der Waals surface area (Å²) in [6.45, 7) is 16.0. The lowest BCUT2D eigenvalue weighted by molar-refractivity contribution is 0.0937. The summed E-state index contributed by atoms with van der Waals surface area (Å²) in [6, 6.07) is 6.45. The molecule has 0 radical (unpaired) electrons. The highest BCUT2D eigenvalue weighted by molar-refractivity contribution is 5.95. The van der Waals surface area contributed by atoms with E-state index in [-0.39, 0.29) is 18.3 Å². The predicted octanol–water partition coefficient (Wildman–Crippen LogP) is 5.73. The van der Waals surface area contributed by atoms with Gasteiger partial charge in [0.1, 0.15) is 0 Å². The number of ether oxygens (including phenoxy) is 1. The van der Waals surface area contributed by atoms with E-state index in [9.17, 15) is 4.79 Å². The van der Waals surface area contributed by atoms with Crippen LogP contribution in [0.25, 0.3) is 0 Å². The molecule has 2 aliphatic rings. The molecule has 1 heterocycles. The van der Waals surface area contributed by atoms with Crippen molar-refractivity contribution in [2.45, 2.75) is 72.1 Å². The number of hydrogen-bond acceptors (Lipinski definition) is 4. The Kier molecular flexibility index (Phi) is 11.7. The molecule has 194 valence electrons. The van der Waals surface area contributed by atoms with Gasteiger partial charge in [0.2, 0.25) is 0 Å². The van der Waals surface area contributed by atoms with Crippen LogP contribution in [0.3, 0.4) is 0 Å². The highest BCUT2D eigenvalue weighted by atomic mass is 35.5. The first kappa shape index (κ1) is 28.9. The van der Waals surface area contributed by atoms with Crippen molar-refractivity contribution in [3.8, 4) is 0 Å². The van der Waals surface area contributed by atoms with Crippen molar-refractivity contribution in [2.75, 3.05) is 57.9 Å². The van der Waals surface area contributed by atoms with Crippen LogP contribution in [0.5, 0.6) is 0 Å². The van der Waals surface area contributed by atoms with Crippen molar-refractivity contribution in [3.05, 3.63) is 29.3 Å². The van der Waals surface area contributed by atoms with Crippen molar-refractivity contribution in [1.29, 1.82) is 0 Å². The summed E-state index contributed by atoms with van der Waals surface area (Å²) in [6.07, 6.45) is 7.64. The fraction of sp³-hybridized carbons (Fsp3) is 0.750. The van der Waals surface area contributed by atoms with Gasteiger partial charge in [-0.2, -0.15) is 0 Å². The van der Waals surface area contributed by atoms with E-state index in [1.54, 1.807) is 7.11 Å². The third kappa shape index (κ3) is 7.86. The van der Waals surface area contributed by atoms with Gasteiger partial charge in [-0.3, -0.25) is 9.69 Å². The molecule has 1 N–H and O–H groups in total. The van der Waals surface area contributed by atoms with E-state index >= 15 is 0 Å². The maximum absolute atomic E-state index is 12.8. The summed E-state index contributed by atoms with van der Waals surface area (Å²) in [5.41, 5.74) is 3.91. The molecule has 0 unspecified atom stereocenters. The Morgan fingerprint density at radius 1 is 1.09 bits per heavy atom.